The lowest BCUT2D eigenvalue weighted by Gasteiger charge is -2.21. The average molecular weight is 302 g/mol. The molecule has 1 N–H and O–H groups in total. The van der Waals surface area contributed by atoms with Crippen molar-refractivity contribution in [2.75, 3.05) is 0 Å². The van der Waals surface area contributed by atoms with E-state index in [4.69, 9.17) is 5.10 Å². The number of rotatable bonds is 6. The van der Waals surface area contributed by atoms with Crippen molar-refractivity contribution in [1.82, 2.24) is 29.9 Å². The normalized spacial score (nSPS) is 16.3. The van der Waals surface area contributed by atoms with Gasteiger partial charge in [0.1, 0.15) is 12.2 Å². The highest BCUT2D eigenvalue weighted by Gasteiger charge is 2.21. The van der Waals surface area contributed by atoms with E-state index in [-0.39, 0.29) is 0 Å². The molecule has 0 radical (unpaired) electrons. The molecule has 6 heteroatoms. The number of hydrogen-bond acceptors (Lipinski definition) is 4. The van der Waals surface area contributed by atoms with Crippen LogP contribution < -0.4 is 5.32 Å². The molecular formula is C16H26N6. The average Bonchev–Trinajstić information content (AvgIpc) is 3.14. The quantitative estimate of drug-likeness (QED) is 0.890. The van der Waals surface area contributed by atoms with Gasteiger partial charge in [0.15, 0.2) is 0 Å². The van der Waals surface area contributed by atoms with Crippen molar-refractivity contribution < 1.29 is 0 Å². The standard InChI is InChI=1S/C16H26N6/c1-3-22-12-18-19-15(22)10-17-9-14-11-21(2)20-16(14)13-7-5-4-6-8-13/h11-13,17H,3-10H2,1-2H3. The Morgan fingerprint density at radius 2 is 2.05 bits per heavy atom. The fourth-order valence-electron chi connectivity index (χ4n) is 3.40. The first-order valence-electron chi connectivity index (χ1n) is 8.37. The molecule has 2 aromatic heterocycles. The van der Waals surface area contributed by atoms with Gasteiger partial charge in [-0.1, -0.05) is 19.3 Å². The van der Waals surface area contributed by atoms with Crippen LogP contribution in [0.1, 0.15) is 62.0 Å². The summed E-state index contributed by atoms with van der Waals surface area (Å²) < 4.78 is 4.02. The smallest absolute Gasteiger partial charge is 0.146 e. The van der Waals surface area contributed by atoms with Crippen molar-refractivity contribution in [3.05, 3.63) is 29.6 Å². The summed E-state index contributed by atoms with van der Waals surface area (Å²) in [6, 6.07) is 0. The highest BCUT2D eigenvalue weighted by molar-refractivity contribution is 5.21. The maximum absolute atomic E-state index is 4.73. The van der Waals surface area contributed by atoms with Crippen LogP contribution in [0.15, 0.2) is 12.5 Å². The van der Waals surface area contributed by atoms with Crippen LogP contribution in [0.4, 0.5) is 0 Å². The highest BCUT2D eigenvalue weighted by Crippen LogP contribution is 2.33. The molecule has 0 bridgehead atoms. The van der Waals surface area contributed by atoms with E-state index in [1.807, 2.05) is 11.7 Å². The number of hydrogen-bond donors (Lipinski definition) is 1. The molecule has 2 heterocycles. The Morgan fingerprint density at radius 1 is 1.23 bits per heavy atom. The monoisotopic (exact) mass is 302 g/mol. The second-order valence-electron chi connectivity index (χ2n) is 6.18. The molecule has 2 aromatic rings. The summed E-state index contributed by atoms with van der Waals surface area (Å²) in [5.41, 5.74) is 2.63. The van der Waals surface area contributed by atoms with Gasteiger partial charge in [0.2, 0.25) is 0 Å². The molecule has 0 amide bonds. The largest absolute Gasteiger partial charge is 0.317 e. The summed E-state index contributed by atoms with van der Waals surface area (Å²) in [5, 5.41) is 16.4. The predicted octanol–water partition coefficient (Wildman–Crippen LogP) is 2.37. The van der Waals surface area contributed by atoms with Crippen LogP contribution in [-0.2, 0) is 26.7 Å². The van der Waals surface area contributed by atoms with Crippen LogP contribution in [0, 0.1) is 0 Å². The molecule has 1 aliphatic rings. The van der Waals surface area contributed by atoms with E-state index in [9.17, 15) is 0 Å². The first kappa shape index (κ1) is 15.2. The summed E-state index contributed by atoms with van der Waals surface area (Å²) >= 11 is 0. The zero-order valence-corrected chi connectivity index (χ0v) is 13.6. The number of aryl methyl sites for hydroxylation is 2. The third kappa shape index (κ3) is 3.38. The zero-order valence-electron chi connectivity index (χ0n) is 13.6. The van der Waals surface area contributed by atoms with E-state index in [1.165, 1.54) is 43.4 Å². The summed E-state index contributed by atoms with van der Waals surface area (Å²) in [7, 11) is 2.02. The fourth-order valence-corrected chi connectivity index (χ4v) is 3.40. The van der Waals surface area contributed by atoms with E-state index < -0.39 is 0 Å². The highest BCUT2D eigenvalue weighted by atomic mass is 15.3. The van der Waals surface area contributed by atoms with Crippen molar-refractivity contribution in [1.29, 1.82) is 0 Å². The SMILES string of the molecule is CCn1cnnc1CNCc1cn(C)nc1C1CCCCC1. The van der Waals surface area contributed by atoms with E-state index in [0.29, 0.717) is 5.92 Å². The van der Waals surface area contributed by atoms with Gasteiger partial charge in [-0.3, -0.25) is 4.68 Å². The van der Waals surface area contributed by atoms with Crippen molar-refractivity contribution in [2.24, 2.45) is 7.05 Å². The molecule has 0 aromatic carbocycles. The van der Waals surface area contributed by atoms with Crippen LogP contribution in [0.5, 0.6) is 0 Å². The maximum atomic E-state index is 4.73. The molecule has 6 nitrogen and oxygen atoms in total. The van der Waals surface area contributed by atoms with Gasteiger partial charge < -0.3 is 9.88 Å². The number of nitrogens with zero attached hydrogens (tertiary/aromatic N) is 5. The Hall–Kier alpha value is -1.69. The summed E-state index contributed by atoms with van der Waals surface area (Å²) in [4.78, 5) is 0. The molecule has 1 saturated carbocycles. The number of nitrogens with one attached hydrogen (secondary N) is 1. The maximum Gasteiger partial charge on any atom is 0.146 e. The molecule has 22 heavy (non-hydrogen) atoms. The van der Waals surface area contributed by atoms with Crippen LogP contribution >= 0.6 is 0 Å². The van der Waals surface area contributed by atoms with Crippen molar-refractivity contribution in [2.45, 2.75) is 64.6 Å². The molecule has 1 aliphatic carbocycles. The van der Waals surface area contributed by atoms with Crippen molar-refractivity contribution >= 4 is 0 Å². The second kappa shape index (κ2) is 7.05. The molecule has 120 valence electrons. The Kier molecular flexibility index (Phi) is 4.87. The van der Waals surface area contributed by atoms with Gasteiger partial charge in [-0.05, 0) is 19.8 Å². The van der Waals surface area contributed by atoms with Gasteiger partial charge in [-0.15, -0.1) is 10.2 Å². The molecule has 0 aliphatic heterocycles. The van der Waals surface area contributed by atoms with E-state index in [0.717, 1.165) is 25.5 Å². The lowest BCUT2D eigenvalue weighted by molar-refractivity contribution is 0.431. The molecule has 0 atom stereocenters. The van der Waals surface area contributed by atoms with E-state index in [2.05, 4.69) is 33.2 Å². The minimum absolute atomic E-state index is 0.644. The Bertz CT molecular complexity index is 594. The summed E-state index contributed by atoms with van der Waals surface area (Å²) in [6.45, 7) is 4.60. The van der Waals surface area contributed by atoms with Gasteiger partial charge in [0.05, 0.1) is 12.2 Å². The van der Waals surface area contributed by atoms with Gasteiger partial charge in [-0.2, -0.15) is 5.10 Å². The van der Waals surface area contributed by atoms with Gasteiger partial charge >= 0.3 is 0 Å². The van der Waals surface area contributed by atoms with Crippen LogP contribution in [0.2, 0.25) is 0 Å². The topological polar surface area (TPSA) is 60.6 Å². The zero-order chi connectivity index (χ0) is 15.4. The Labute approximate surface area is 131 Å². The Balaban J connectivity index is 1.62. The Morgan fingerprint density at radius 3 is 2.82 bits per heavy atom. The second-order valence-corrected chi connectivity index (χ2v) is 6.18. The first-order valence-corrected chi connectivity index (χ1v) is 8.37. The fraction of sp³-hybridized carbons (Fsp3) is 0.688. The third-order valence-corrected chi connectivity index (χ3v) is 4.56. The summed E-state index contributed by atoms with van der Waals surface area (Å²) in [6.07, 6.45) is 10.6. The van der Waals surface area contributed by atoms with E-state index in [1.54, 1.807) is 6.33 Å². The van der Waals surface area contributed by atoms with Gasteiger partial charge in [0.25, 0.3) is 0 Å². The van der Waals surface area contributed by atoms with Gasteiger partial charge in [-0.25, -0.2) is 0 Å². The van der Waals surface area contributed by atoms with Gasteiger partial charge in [0, 0.05) is 37.8 Å². The first-order chi connectivity index (χ1) is 10.8. The molecule has 1 fully saturated rings. The molecular weight excluding hydrogens is 276 g/mol. The minimum Gasteiger partial charge on any atom is -0.317 e. The number of aromatic nitrogens is 5. The predicted molar refractivity (Wildman–Crippen MR) is 85.3 cm³/mol. The van der Waals surface area contributed by atoms with Crippen molar-refractivity contribution in [3.63, 3.8) is 0 Å². The molecule has 0 spiro atoms. The lowest BCUT2D eigenvalue weighted by Crippen LogP contribution is -2.18. The molecule has 0 unspecified atom stereocenters. The van der Waals surface area contributed by atoms with Crippen LogP contribution in [0.3, 0.4) is 0 Å². The summed E-state index contributed by atoms with van der Waals surface area (Å²) in [5.74, 6) is 1.64. The minimum atomic E-state index is 0.644. The van der Waals surface area contributed by atoms with Crippen LogP contribution in [-0.4, -0.2) is 24.5 Å². The third-order valence-electron chi connectivity index (χ3n) is 4.56. The molecule has 0 saturated heterocycles. The molecule has 3 rings (SSSR count). The van der Waals surface area contributed by atoms with E-state index >= 15 is 0 Å². The van der Waals surface area contributed by atoms with Crippen molar-refractivity contribution in [3.8, 4) is 0 Å². The van der Waals surface area contributed by atoms with Crippen LogP contribution in [0.25, 0.3) is 0 Å². The lowest BCUT2D eigenvalue weighted by atomic mass is 9.85.